The average Bonchev–Trinajstić information content (AvgIpc) is 2.27. The Morgan fingerprint density at radius 2 is 2.27 bits per heavy atom. The van der Waals surface area contributed by atoms with E-state index in [4.69, 9.17) is 4.74 Å². The molecular weight excluding hydrogens is 188 g/mol. The minimum absolute atomic E-state index is 0.356. The minimum Gasteiger partial charge on any atom is -0.390 e. The largest absolute Gasteiger partial charge is 0.390 e. The molecule has 0 aliphatic heterocycles. The summed E-state index contributed by atoms with van der Waals surface area (Å²) in [6.07, 6.45) is 8.94. The molecule has 1 saturated carbocycles. The molecule has 1 aliphatic carbocycles. The van der Waals surface area contributed by atoms with Crippen LogP contribution >= 0.6 is 0 Å². The molecule has 1 rings (SSSR count). The van der Waals surface area contributed by atoms with E-state index in [1.807, 2.05) is 6.08 Å². The Morgan fingerprint density at radius 3 is 2.87 bits per heavy atom. The molecule has 0 saturated heterocycles. The quantitative estimate of drug-likeness (QED) is 0.541. The standard InChI is InChI=1S/C13H24O2/c1-3-5-8-11-15-13(4-2)10-7-6-9-12(13)14/h4,12,14H,2-3,5-11H2,1H3. The third-order valence-electron chi connectivity index (χ3n) is 3.32. The number of hydrogen-bond donors (Lipinski definition) is 1. The fourth-order valence-electron chi connectivity index (χ4n) is 2.23. The number of unbranched alkanes of at least 4 members (excludes halogenated alkanes) is 2. The molecule has 0 heterocycles. The summed E-state index contributed by atoms with van der Waals surface area (Å²) in [7, 11) is 0. The highest BCUT2D eigenvalue weighted by molar-refractivity contribution is 5.04. The molecule has 1 fully saturated rings. The van der Waals surface area contributed by atoms with E-state index in [1.54, 1.807) is 0 Å². The van der Waals surface area contributed by atoms with E-state index in [9.17, 15) is 5.11 Å². The van der Waals surface area contributed by atoms with Crippen LogP contribution in [0.1, 0.15) is 51.9 Å². The summed E-state index contributed by atoms with van der Waals surface area (Å²) in [5, 5.41) is 9.98. The highest BCUT2D eigenvalue weighted by Gasteiger charge is 2.37. The van der Waals surface area contributed by atoms with Gasteiger partial charge in [-0.25, -0.2) is 0 Å². The summed E-state index contributed by atoms with van der Waals surface area (Å²) in [5.74, 6) is 0. The van der Waals surface area contributed by atoms with E-state index in [-0.39, 0.29) is 6.10 Å². The van der Waals surface area contributed by atoms with Gasteiger partial charge in [-0.2, -0.15) is 0 Å². The van der Waals surface area contributed by atoms with Gasteiger partial charge in [0.15, 0.2) is 0 Å². The fraction of sp³-hybridized carbons (Fsp3) is 0.846. The van der Waals surface area contributed by atoms with Gasteiger partial charge < -0.3 is 9.84 Å². The van der Waals surface area contributed by atoms with Crippen LogP contribution in [0, 0.1) is 0 Å². The Balaban J connectivity index is 2.40. The van der Waals surface area contributed by atoms with Crippen molar-refractivity contribution in [1.82, 2.24) is 0 Å². The summed E-state index contributed by atoms with van der Waals surface area (Å²) in [4.78, 5) is 0. The normalized spacial score (nSPS) is 31.5. The van der Waals surface area contributed by atoms with Gasteiger partial charge in [-0.1, -0.05) is 38.7 Å². The van der Waals surface area contributed by atoms with Crippen LogP contribution in [-0.2, 0) is 4.74 Å². The molecule has 1 N–H and O–H groups in total. The van der Waals surface area contributed by atoms with Crippen LogP contribution in [0.25, 0.3) is 0 Å². The summed E-state index contributed by atoms with van der Waals surface area (Å²) in [6.45, 7) is 6.75. The van der Waals surface area contributed by atoms with E-state index < -0.39 is 5.60 Å². The van der Waals surface area contributed by atoms with Gasteiger partial charge in [0.2, 0.25) is 0 Å². The number of ether oxygens (including phenoxy) is 1. The van der Waals surface area contributed by atoms with Crippen LogP contribution in [0.15, 0.2) is 12.7 Å². The molecule has 15 heavy (non-hydrogen) atoms. The number of rotatable bonds is 6. The smallest absolute Gasteiger partial charge is 0.112 e. The fourth-order valence-corrected chi connectivity index (χ4v) is 2.23. The number of aliphatic hydroxyl groups excluding tert-OH is 1. The first kappa shape index (κ1) is 12.7. The highest BCUT2D eigenvalue weighted by Crippen LogP contribution is 2.33. The van der Waals surface area contributed by atoms with Crippen LogP contribution in [0.2, 0.25) is 0 Å². The lowest BCUT2D eigenvalue weighted by Crippen LogP contribution is -2.45. The molecule has 2 heteroatoms. The zero-order valence-corrected chi connectivity index (χ0v) is 9.87. The Labute approximate surface area is 93.3 Å². The summed E-state index contributed by atoms with van der Waals surface area (Å²) >= 11 is 0. The average molecular weight is 212 g/mol. The first-order valence-corrected chi connectivity index (χ1v) is 6.21. The minimum atomic E-state index is -0.452. The topological polar surface area (TPSA) is 29.5 Å². The molecule has 0 spiro atoms. The Bertz CT molecular complexity index is 191. The van der Waals surface area contributed by atoms with E-state index in [2.05, 4.69) is 13.5 Å². The van der Waals surface area contributed by atoms with Crippen LogP contribution in [0.3, 0.4) is 0 Å². The van der Waals surface area contributed by atoms with Crippen molar-refractivity contribution in [3.05, 3.63) is 12.7 Å². The van der Waals surface area contributed by atoms with Crippen molar-refractivity contribution in [2.24, 2.45) is 0 Å². The predicted molar refractivity (Wildman–Crippen MR) is 62.9 cm³/mol. The lowest BCUT2D eigenvalue weighted by atomic mass is 9.82. The zero-order chi connectivity index (χ0) is 11.1. The number of aliphatic hydroxyl groups is 1. The zero-order valence-electron chi connectivity index (χ0n) is 9.87. The van der Waals surface area contributed by atoms with E-state index in [0.29, 0.717) is 0 Å². The van der Waals surface area contributed by atoms with Crippen molar-refractivity contribution >= 4 is 0 Å². The molecule has 2 nitrogen and oxygen atoms in total. The molecule has 88 valence electrons. The monoisotopic (exact) mass is 212 g/mol. The number of hydrogen-bond acceptors (Lipinski definition) is 2. The van der Waals surface area contributed by atoms with Crippen LogP contribution in [0.5, 0.6) is 0 Å². The maximum atomic E-state index is 9.98. The molecular formula is C13H24O2. The van der Waals surface area contributed by atoms with Crippen molar-refractivity contribution in [3.63, 3.8) is 0 Å². The Morgan fingerprint density at radius 1 is 1.47 bits per heavy atom. The predicted octanol–water partition coefficient (Wildman–Crippen LogP) is 3.05. The van der Waals surface area contributed by atoms with Gasteiger partial charge in [0.25, 0.3) is 0 Å². The molecule has 2 atom stereocenters. The third-order valence-corrected chi connectivity index (χ3v) is 3.32. The summed E-state index contributed by atoms with van der Waals surface area (Å²) in [5.41, 5.74) is -0.452. The second-order valence-corrected chi connectivity index (χ2v) is 4.48. The molecule has 1 aliphatic rings. The van der Waals surface area contributed by atoms with Crippen molar-refractivity contribution in [3.8, 4) is 0 Å². The van der Waals surface area contributed by atoms with Crippen LogP contribution < -0.4 is 0 Å². The highest BCUT2D eigenvalue weighted by atomic mass is 16.5. The van der Waals surface area contributed by atoms with Crippen molar-refractivity contribution in [2.75, 3.05) is 6.61 Å². The second-order valence-electron chi connectivity index (χ2n) is 4.48. The van der Waals surface area contributed by atoms with Crippen molar-refractivity contribution in [1.29, 1.82) is 0 Å². The van der Waals surface area contributed by atoms with Gasteiger partial charge in [-0.3, -0.25) is 0 Å². The Kier molecular flexibility index (Phi) is 5.34. The van der Waals surface area contributed by atoms with Crippen LogP contribution in [-0.4, -0.2) is 23.4 Å². The van der Waals surface area contributed by atoms with Gasteiger partial charge in [0.05, 0.1) is 6.10 Å². The van der Waals surface area contributed by atoms with E-state index >= 15 is 0 Å². The maximum Gasteiger partial charge on any atom is 0.112 e. The molecule has 0 amide bonds. The molecule has 0 aromatic heterocycles. The molecule has 2 unspecified atom stereocenters. The molecule has 0 aromatic carbocycles. The van der Waals surface area contributed by atoms with Gasteiger partial charge in [0, 0.05) is 6.61 Å². The van der Waals surface area contributed by atoms with Gasteiger partial charge >= 0.3 is 0 Å². The van der Waals surface area contributed by atoms with Gasteiger partial charge in [0.1, 0.15) is 5.60 Å². The lowest BCUT2D eigenvalue weighted by Gasteiger charge is -2.39. The van der Waals surface area contributed by atoms with Crippen LogP contribution in [0.4, 0.5) is 0 Å². The van der Waals surface area contributed by atoms with Gasteiger partial charge in [-0.05, 0) is 19.3 Å². The Hall–Kier alpha value is -0.340. The van der Waals surface area contributed by atoms with Gasteiger partial charge in [-0.15, -0.1) is 6.58 Å². The molecule has 0 radical (unpaired) electrons. The molecule has 0 aromatic rings. The third kappa shape index (κ3) is 3.32. The first-order valence-electron chi connectivity index (χ1n) is 6.21. The second kappa shape index (κ2) is 6.29. The first-order chi connectivity index (χ1) is 7.25. The van der Waals surface area contributed by atoms with E-state index in [1.165, 1.54) is 12.8 Å². The maximum absolute atomic E-state index is 9.98. The summed E-state index contributed by atoms with van der Waals surface area (Å²) < 4.78 is 5.87. The van der Waals surface area contributed by atoms with E-state index in [0.717, 1.165) is 38.7 Å². The van der Waals surface area contributed by atoms with Crippen molar-refractivity contribution < 1.29 is 9.84 Å². The lowest BCUT2D eigenvalue weighted by molar-refractivity contribution is -0.113. The van der Waals surface area contributed by atoms with Crippen molar-refractivity contribution in [2.45, 2.75) is 63.6 Å². The molecule has 0 bridgehead atoms. The summed E-state index contributed by atoms with van der Waals surface area (Å²) in [6, 6.07) is 0. The SMILES string of the molecule is C=CC1(OCCCCC)CCCCC1O.